The predicted octanol–water partition coefficient (Wildman–Crippen LogP) is 2.84. The lowest BCUT2D eigenvalue weighted by Crippen LogP contribution is -2.55. The number of rotatable bonds is 2. The van der Waals surface area contributed by atoms with E-state index in [9.17, 15) is 26.4 Å². The van der Waals surface area contributed by atoms with Crippen LogP contribution in [0.3, 0.4) is 0 Å². The van der Waals surface area contributed by atoms with Crippen LogP contribution in [0.25, 0.3) is 0 Å². The van der Waals surface area contributed by atoms with Gasteiger partial charge in [0.15, 0.2) is 0 Å². The Labute approximate surface area is 145 Å². The second-order valence-electron chi connectivity index (χ2n) is 5.33. The first-order valence-electron chi connectivity index (χ1n) is 6.81. The molecule has 0 bridgehead atoms. The number of amides is 1. The number of benzene rings is 1. The molecular formula is C13H14BrF3N2O4S. The summed E-state index contributed by atoms with van der Waals surface area (Å²) in [5, 5.41) is 9.01. The highest BCUT2D eigenvalue weighted by Crippen LogP contribution is 2.34. The first-order valence-corrected chi connectivity index (χ1v) is 9.04. The van der Waals surface area contributed by atoms with Gasteiger partial charge in [-0.25, -0.2) is 13.2 Å². The van der Waals surface area contributed by atoms with Crippen LogP contribution in [0.15, 0.2) is 27.6 Å². The molecule has 0 aromatic heterocycles. The maximum atomic E-state index is 12.7. The topological polar surface area (TPSA) is 77.9 Å². The number of piperazine rings is 1. The van der Waals surface area contributed by atoms with Gasteiger partial charge >= 0.3 is 12.3 Å². The molecule has 6 nitrogen and oxygen atoms in total. The number of hydrogen-bond donors (Lipinski definition) is 1. The predicted molar refractivity (Wildman–Crippen MR) is 82.1 cm³/mol. The zero-order valence-corrected chi connectivity index (χ0v) is 14.8. The highest BCUT2D eigenvalue weighted by atomic mass is 79.9. The van der Waals surface area contributed by atoms with Crippen molar-refractivity contribution in [2.24, 2.45) is 0 Å². The van der Waals surface area contributed by atoms with Crippen LogP contribution >= 0.6 is 15.9 Å². The van der Waals surface area contributed by atoms with Crippen molar-refractivity contribution in [2.45, 2.75) is 24.0 Å². The lowest BCUT2D eigenvalue weighted by atomic mass is 10.2. The Hall–Kier alpha value is -1.33. The lowest BCUT2D eigenvalue weighted by molar-refractivity contribution is -0.137. The summed E-state index contributed by atoms with van der Waals surface area (Å²) in [5.74, 6) is 0. The minimum absolute atomic E-state index is 0.00597. The molecule has 0 aliphatic carbocycles. The van der Waals surface area contributed by atoms with Gasteiger partial charge in [-0.3, -0.25) is 0 Å². The molecule has 1 atom stereocenters. The van der Waals surface area contributed by atoms with E-state index in [0.29, 0.717) is 12.1 Å². The smallest absolute Gasteiger partial charge is 0.416 e. The molecule has 1 amide bonds. The van der Waals surface area contributed by atoms with Crippen molar-refractivity contribution in [1.29, 1.82) is 0 Å². The normalized spacial score (nSPS) is 20.2. The minimum atomic E-state index is -4.58. The summed E-state index contributed by atoms with van der Waals surface area (Å²) >= 11 is 2.88. The summed E-state index contributed by atoms with van der Waals surface area (Å²) in [5.41, 5.74) is -0.961. The molecule has 1 aromatic carbocycles. The average Bonchev–Trinajstić information content (AvgIpc) is 2.45. The quantitative estimate of drug-likeness (QED) is 0.782. The first kappa shape index (κ1) is 19.0. The van der Waals surface area contributed by atoms with Crippen LogP contribution in [0.4, 0.5) is 18.0 Å². The van der Waals surface area contributed by atoms with Crippen molar-refractivity contribution in [2.75, 3.05) is 19.6 Å². The highest BCUT2D eigenvalue weighted by molar-refractivity contribution is 9.10. The Bertz CT molecular complexity index is 754. The van der Waals surface area contributed by atoms with E-state index in [1.807, 2.05) is 0 Å². The monoisotopic (exact) mass is 430 g/mol. The fourth-order valence-corrected chi connectivity index (χ4v) is 5.00. The number of sulfonamides is 1. The van der Waals surface area contributed by atoms with E-state index in [1.165, 1.54) is 0 Å². The fourth-order valence-electron chi connectivity index (χ4n) is 2.45. The second-order valence-corrected chi connectivity index (χ2v) is 8.09. The van der Waals surface area contributed by atoms with E-state index in [0.717, 1.165) is 15.3 Å². The van der Waals surface area contributed by atoms with Crippen LogP contribution in [-0.2, 0) is 16.2 Å². The number of halogens is 4. The van der Waals surface area contributed by atoms with Crippen molar-refractivity contribution in [3.63, 3.8) is 0 Å². The summed E-state index contributed by atoms with van der Waals surface area (Å²) in [6.07, 6.45) is -5.72. The van der Waals surface area contributed by atoms with E-state index in [-0.39, 0.29) is 29.0 Å². The largest absolute Gasteiger partial charge is 0.465 e. The number of hydrogen-bond acceptors (Lipinski definition) is 3. The number of carbonyl (C=O) groups is 1. The van der Waals surface area contributed by atoms with Gasteiger partial charge in [0.2, 0.25) is 10.0 Å². The molecule has 0 saturated carbocycles. The molecule has 134 valence electrons. The van der Waals surface area contributed by atoms with Crippen molar-refractivity contribution in [3.8, 4) is 0 Å². The standard InChI is InChI=1S/C13H14BrF3N2O4S/c1-8-7-18(4-5-19(8)12(20)21)24(22,23)11-3-2-9(6-10(11)14)13(15,16)17/h2-3,6,8H,4-5,7H2,1H3,(H,20,21)/t8-/m0/s1. The molecule has 0 unspecified atom stereocenters. The van der Waals surface area contributed by atoms with E-state index in [4.69, 9.17) is 5.11 Å². The van der Waals surface area contributed by atoms with Crippen LogP contribution in [0.5, 0.6) is 0 Å². The molecule has 1 fully saturated rings. The van der Waals surface area contributed by atoms with Gasteiger partial charge < -0.3 is 10.0 Å². The number of carboxylic acid groups (broad SMARTS) is 1. The molecule has 1 saturated heterocycles. The second kappa shape index (κ2) is 6.52. The molecule has 1 aliphatic heterocycles. The molecule has 24 heavy (non-hydrogen) atoms. The Morgan fingerprint density at radius 3 is 2.42 bits per heavy atom. The van der Waals surface area contributed by atoms with Gasteiger partial charge in [0, 0.05) is 30.1 Å². The van der Waals surface area contributed by atoms with Crippen molar-refractivity contribution >= 4 is 32.0 Å². The third kappa shape index (κ3) is 3.67. The van der Waals surface area contributed by atoms with Crippen LogP contribution < -0.4 is 0 Å². The van der Waals surface area contributed by atoms with Gasteiger partial charge in [0.25, 0.3) is 0 Å². The summed E-state index contributed by atoms with van der Waals surface area (Å²) in [4.78, 5) is 11.9. The van der Waals surface area contributed by atoms with Crippen LogP contribution in [0, 0.1) is 0 Å². The average molecular weight is 431 g/mol. The molecule has 0 radical (unpaired) electrons. The zero-order chi connectivity index (χ0) is 18.3. The van der Waals surface area contributed by atoms with Gasteiger partial charge in [0.05, 0.1) is 10.5 Å². The van der Waals surface area contributed by atoms with E-state index >= 15 is 0 Å². The maximum Gasteiger partial charge on any atom is 0.416 e. The Balaban J connectivity index is 2.30. The van der Waals surface area contributed by atoms with Gasteiger partial charge in [-0.05, 0) is 41.1 Å². The summed E-state index contributed by atoms with van der Waals surface area (Å²) in [6.45, 7) is 1.43. The van der Waals surface area contributed by atoms with Crippen molar-refractivity contribution in [1.82, 2.24) is 9.21 Å². The van der Waals surface area contributed by atoms with Gasteiger partial charge in [-0.15, -0.1) is 0 Å². The Morgan fingerprint density at radius 1 is 1.33 bits per heavy atom. The molecule has 1 aliphatic rings. The number of alkyl halides is 3. The summed E-state index contributed by atoms with van der Waals surface area (Å²) in [6, 6.07) is 1.76. The van der Waals surface area contributed by atoms with E-state index in [2.05, 4.69) is 15.9 Å². The van der Waals surface area contributed by atoms with E-state index in [1.54, 1.807) is 6.92 Å². The minimum Gasteiger partial charge on any atom is -0.465 e. The van der Waals surface area contributed by atoms with Crippen molar-refractivity contribution in [3.05, 3.63) is 28.2 Å². The number of nitrogens with zero attached hydrogens (tertiary/aromatic N) is 2. The van der Waals surface area contributed by atoms with Crippen molar-refractivity contribution < 1.29 is 31.5 Å². The molecule has 2 rings (SSSR count). The zero-order valence-electron chi connectivity index (χ0n) is 12.4. The molecule has 1 aromatic rings. The third-order valence-corrected chi connectivity index (χ3v) is 6.55. The summed E-state index contributed by atoms with van der Waals surface area (Å²) in [7, 11) is -4.04. The van der Waals surface area contributed by atoms with Gasteiger partial charge in [-0.1, -0.05) is 0 Å². The van der Waals surface area contributed by atoms with Gasteiger partial charge in [-0.2, -0.15) is 17.5 Å². The molecule has 11 heteroatoms. The van der Waals surface area contributed by atoms with Crippen LogP contribution in [0.2, 0.25) is 0 Å². The Morgan fingerprint density at radius 2 is 1.96 bits per heavy atom. The van der Waals surface area contributed by atoms with Crippen LogP contribution in [-0.4, -0.2) is 54.5 Å². The molecular weight excluding hydrogens is 417 g/mol. The SMILES string of the molecule is C[C@H]1CN(S(=O)(=O)c2ccc(C(F)(F)F)cc2Br)CCN1C(=O)O. The van der Waals surface area contributed by atoms with E-state index < -0.39 is 33.9 Å². The lowest BCUT2D eigenvalue weighted by Gasteiger charge is -2.37. The summed E-state index contributed by atoms with van der Waals surface area (Å²) < 4.78 is 64.2. The highest BCUT2D eigenvalue weighted by Gasteiger charge is 2.36. The van der Waals surface area contributed by atoms with Gasteiger partial charge in [0.1, 0.15) is 0 Å². The van der Waals surface area contributed by atoms with Crippen LogP contribution in [0.1, 0.15) is 12.5 Å². The fraction of sp³-hybridized carbons (Fsp3) is 0.462. The Kier molecular flexibility index (Phi) is 5.17. The molecule has 0 spiro atoms. The maximum absolute atomic E-state index is 12.7. The molecule has 1 N–H and O–H groups in total. The third-order valence-electron chi connectivity index (χ3n) is 3.71. The first-order chi connectivity index (χ1) is 10.9. The molecule has 1 heterocycles.